The number of anilines is 1. The smallest absolute Gasteiger partial charge is 0.227 e. The Balaban J connectivity index is 0.00000196. The van der Waals surface area contributed by atoms with Crippen LogP contribution in [0.1, 0.15) is 50.4 Å². The van der Waals surface area contributed by atoms with Gasteiger partial charge in [0.1, 0.15) is 5.52 Å². The summed E-state index contributed by atoms with van der Waals surface area (Å²) in [6, 6.07) is 14.4. The zero-order chi connectivity index (χ0) is 17.2. The molecular weight excluding hydrogens is 324 g/mol. The van der Waals surface area contributed by atoms with Crippen molar-refractivity contribution >= 4 is 23.0 Å². The van der Waals surface area contributed by atoms with Crippen LogP contribution >= 0.6 is 0 Å². The average molecular weight is 350 g/mol. The minimum atomic E-state index is -0.00328. The first-order chi connectivity index (χ1) is 12.2. The fraction of sp³-hybridized carbons (Fsp3) is 0.381. The highest BCUT2D eigenvalue weighted by Gasteiger charge is 2.26. The quantitative estimate of drug-likeness (QED) is 0.727. The maximum absolute atomic E-state index is 12.4. The van der Waals surface area contributed by atoms with Crippen molar-refractivity contribution in [3.63, 3.8) is 0 Å². The van der Waals surface area contributed by atoms with Gasteiger partial charge in [0, 0.05) is 18.2 Å². The van der Waals surface area contributed by atoms with Crippen LogP contribution in [-0.2, 0) is 11.2 Å². The number of fused-ring (bicyclic) bond motifs is 1. The molecule has 5 nitrogen and oxygen atoms in total. The Labute approximate surface area is 154 Å². The predicted octanol–water partition coefficient (Wildman–Crippen LogP) is 4.67. The van der Waals surface area contributed by atoms with Crippen molar-refractivity contribution < 1.29 is 4.79 Å². The molecule has 1 aliphatic rings. The summed E-state index contributed by atoms with van der Waals surface area (Å²) in [7, 11) is 0. The van der Waals surface area contributed by atoms with E-state index >= 15 is 0 Å². The number of pyridine rings is 1. The van der Waals surface area contributed by atoms with Gasteiger partial charge < -0.3 is 0 Å². The molecule has 4 rings (SSSR count). The van der Waals surface area contributed by atoms with Crippen LogP contribution in [0.5, 0.6) is 0 Å². The summed E-state index contributed by atoms with van der Waals surface area (Å²) in [4.78, 5) is 21.7. The SMILES string of the molecule is C.Cc1ccc2nc(NC(=O)CCc3ccccc3)n(C3CCC3)c2n1. The number of imidazole rings is 1. The van der Waals surface area contributed by atoms with Gasteiger partial charge in [0.2, 0.25) is 11.9 Å². The first-order valence-electron chi connectivity index (χ1n) is 8.90. The topological polar surface area (TPSA) is 59.8 Å². The summed E-state index contributed by atoms with van der Waals surface area (Å²) < 4.78 is 2.12. The summed E-state index contributed by atoms with van der Waals surface area (Å²) in [5, 5.41) is 3.01. The Morgan fingerprint density at radius 3 is 2.62 bits per heavy atom. The van der Waals surface area contributed by atoms with Crippen molar-refractivity contribution in [2.24, 2.45) is 0 Å². The summed E-state index contributed by atoms with van der Waals surface area (Å²) >= 11 is 0. The molecule has 0 spiro atoms. The van der Waals surface area contributed by atoms with E-state index in [-0.39, 0.29) is 13.3 Å². The first-order valence-corrected chi connectivity index (χ1v) is 8.90. The van der Waals surface area contributed by atoms with Gasteiger partial charge in [-0.1, -0.05) is 37.8 Å². The molecule has 0 unspecified atom stereocenters. The van der Waals surface area contributed by atoms with Gasteiger partial charge in [-0.25, -0.2) is 9.97 Å². The third-order valence-corrected chi connectivity index (χ3v) is 4.85. The van der Waals surface area contributed by atoms with Gasteiger partial charge in [-0.15, -0.1) is 0 Å². The monoisotopic (exact) mass is 350 g/mol. The standard InChI is InChI=1S/C20H22N4O.CH4/c1-14-10-12-17-19(21-14)24(16-8-5-9-16)20(22-17)23-18(25)13-11-15-6-3-2-4-7-15;/h2-4,6-7,10,12,16H,5,8-9,11,13H2,1H3,(H,22,23,25);1H4. The molecule has 5 heteroatoms. The second-order valence-electron chi connectivity index (χ2n) is 6.72. The minimum Gasteiger partial charge on any atom is -0.296 e. The summed E-state index contributed by atoms with van der Waals surface area (Å²) in [6.07, 6.45) is 4.64. The van der Waals surface area contributed by atoms with Gasteiger partial charge in [0.15, 0.2) is 5.65 Å². The number of carbonyl (C=O) groups is 1. The molecule has 1 aliphatic carbocycles. The van der Waals surface area contributed by atoms with E-state index in [1.54, 1.807) is 0 Å². The second kappa shape index (κ2) is 7.68. The van der Waals surface area contributed by atoms with Crippen LogP contribution in [0.15, 0.2) is 42.5 Å². The molecule has 0 atom stereocenters. The van der Waals surface area contributed by atoms with Gasteiger partial charge in [0.05, 0.1) is 0 Å². The Kier molecular flexibility index (Phi) is 5.35. The highest BCUT2D eigenvalue weighted by molar-refractivity contribution is 5.91. The Bertz CT molecular complexity index is 897. The Morgan fingerprint density at radius 1 is 1.15 bits per heavy atom. The predicted molar refractivity (Wildman–Crippen MR) is 105 cm³/mol. The van der Waals surface area contributed by atoms with Gasteiger partial charge in [-0.3, -0.25) is 14.7 Å². The minimum absolute atomic E-state index is 0. The van der Waals surface area contributed by atoms with Crippen molar-refractivity contribution in [2.75, 3.05) is 5.32 Å². The van der Waals surface area contributed by atoms with Crippen LogP contribution in [0.2, 0.25) is 0 Å². The van der Waals surface area contributed by atoms with E-state index in [2.05, 4.69) is 19.9 Å². The fourth-order valence-electron chi connectivity index (χ4n) is 3.24. The number of amides is 1. The van der Waals surface area contributed by atoms with Crippen molar-refractivity contribution in [3.8, 4) is 0 Å². The molecule has 26 heavy (non-hydrogen) atoms. The number of hydrogen-bond donors (Lipinski definition) is 1. The van der Waals surface area contributed by atoms with Gasteiger partial charge in [0.25, 0.3) is 0 Å². The number of benzene rings is 1. The van der Waals surface area contributed by atoms with Gasteiger partial charge in [-0.2, -0.15) is 0 Å². The zero-order valence-corrected chi connectivity index (χ0v) is 14.4. The van der Waals surface area contributed by atoms with E-state index in [0.29, 0.717) is 18.4 Å². The average Bonchev–Trinajstić information content (AvgIpc) is 2.90. The summed E-state index contributed by atoms with van der Waals surface area (Å²) in [5.41, 5.74) is 3.86. The second-order valence-corrected chi connectivity index (χ2v) is 6.72. The molecule has 136 valence electrons. The molecule has 2 heterocycles. The van der Waals surface area contributed by atoms with Crippen molar-refractivity contribution in [3.05, 3.63) is 53.7 Å². The molecule has 0 saturated heterocycles. The Morgan fingerprint density at radius 2 is 1.92 bits per heavy atom. The number of nitrogens with zero attached hydrogens (tertiary/aromatic N) is 3. The normalized spacial score (nSPS) is 13.9. The molecule has 0 radical (unpaired) electrons. The van der Waals surface area contributed by atoms with Crippen LogP contribution in [0.25, 0.3) is 11.2 Å². The molecule has 1 saturated carbocycles. The molecular formula is C21H26N4O. The van der Waals surface area contributed by atoms with Crippen molar-refractivity contribution in [2.45, 2.75) is 52.5 Å². The molecule has 3 aromatic rings. The third-order valence-electron chi connectivity index (χ3n) is 4.85. The molecule has 2 aromatic heterocycles. The summed E-state index contributed by atoms with van der Waals surface area (Å²) in [5.74, 6) is 0.632. The van der Waals surface area contributed by atoms with E-state index in [1.807, 2.05) is 49.4 Å². The lowest BCUT2D eigenvalue weighted by atomic mass is 9.93. The van der Waals surface area contributed by atoms with E-state index in [0.717, 1.165) is 36.1 Å². The van der Waals surface area contributed by atoms with E-state index in [1.165, 1.54) is 12.0 Å². The Hall–Kier alpha value is -2.69. The molecule has 1 fully saturated rings. The van der Waals surface area contributed by atoms with Gasteiger partial charge in [-0.05, 0) is 50.3 Å². The maximum Gasteiger partial charge on any atom is 0.227 e. The lowest BCUT2D eigenvalue weighted by Gasteiger charge is -2.28. The van der Waals surface area contributed by atoms with Crippen LogP contribution in [0, 0.1) is 6.92 Å². The number of nitrogens with one attached hydrogen (secondary N) is 1. The van der Waals surface area contributed by atoms with E-state index in [4.69, 9.17) is 0 Å². The third kappa shape index (κ3) is 3.62. The molecule has 0 bridgehead atoms. The van der Waals surface area contributed by atoms with Gasteiger partial charge >= 0.3 is 0 Å². The fourth-order valence-corrected chi connectivity index (χ4v) is 3.24. The van der Waals surface area contributed by atoms with Crippen LogP contribution in [0.4, 0.5) is 5.95 Å². The van der Waals surface area contributed by atoms with Crippen LogP contribution < -0.4 is 5.32 Å². The lowest BCUT2D eigenvalue weighted by molar-refractivity contribution is -0.116. The van der Waals surface area contributed by atoms with Crippen LogP contribution in [-0.4, -0.2) is 20.4 Å². The molecule has 1 N–H and O–H groups in total. The number of rotatable bonds is 5. The summed E-state index contributed by atoms with van der Waals surface area (Å²) in [6.45, 7) is 1.98. The van der Waals surface area contributed by atoms with Crippen molar-refractivity contribution in [1.82, 2.24) is 14.5 Å². The maximum atomic E-state index is 12.4. The molecule has 1 amide bonds. The lowest BCUT2D eigenvalue weighted by Crippen LogP contribution is -2.22. The number of aryl methyl sites for hydroxylation is 2. The number of carbonyl (C=O) groups excluding carboxylic acids is 1. The zero-order valence-electron chi connectivity index (χ0n) is 14.4. The molecule has 0 aliphatic heterocycles. The number of hydrogen-bond acceptors (Lipinski definition) is 3. The molecule has 1 aromatic carbocycles. The number of aromatic nitrogens is 3. The highest BCUT2D eigenvalue weighted by Crippen LogP contribution is 2.36. The highest BCUT2D eigenvalue weighted by atomic mass is 16.1. The van der Waals surface area contributed by atoms with E-state index in [9.17, 15) is 4.79 Å². The van der Waals surface area contributed by atoms with Crippen molar-refractivity contribution in [1.29, 1.82) is 0 Å². The van der Waals surface area contributed by atoms with Crippen LogP contribution in [0.3, 0.4) is 0 Å². The van der Waals surface area contributed by atoms with E-state index < -0.39 is 0 Å². The largest absolute Gasteiger partial charge is 0.296 e. The first kappa shape index (κ1) is 18.1.